The Kier molecular flexibility index (Phi) is 5.77. The van der Waals surface area contributed by atoms with E-state index in [0.29, 0.717) is 11.7 Å². The normalized spacial score (nSPS) is 11.0. The van der Waals surface area contributed by atoms with Gasteiger partial charge in [0.15, 0.2) is 5.75 Å². The predicted molar refractivity (Wildman–Crippen MR) is 110 cm³/mol. The summed E-state index contributed by atoms with van der Waals surface area (Å²) >= 11 is 0. The quantitative estimate of drug-likeness (QED) is 0.372. The van der Waals surface area contributed by atoms with E-state index in [1.807, 2.05) is 26.0 Å². The predicted octanol–water partition coefficient (Wildman–Crippen LogP) is 3.46. The molecule has 0 saturated carbocycles. The topological polar surface area (TPSA) is 118 Å². The summed E-state index contributed by atoms with van der Waals surface area (Å²) < 4.78 is 12.6. The molecule has 0 saturated heterocycles. The van der Waals surface area contributed by atoms with Crippen LogP contribution in [0, 0.1) is 24.0 Å². The van der Waals surface area contributed by atoms with E-state index in [1.54, 1.807) is 37.7 Å². The lowest BCUT2D eigenvalue weighted by atomic mass is 10.1. The lowest BCUT2D eigenvalue weighted by Crippen LogP contribution is -2.02. The van der Waals surface area contributed by atoms with Crippen molar-refractivity contribution in [2.24, 2.45) is 5.10 Å². The van der Waals surface area contributed by atoms with E-state index in [2.05, 4.69) is 10.1 Å². The summed E-state index contributed by atoms with van der Waals surface area (Å²) in [4.78, 5) is 14.9. The van der Waals surface area contributed by atoms with Crippen molar-refractivity contribution in [3.8, 4) is 11.5 Å². The molecule has 29 heavy (non-hydrogen) atoms. The first kappa shape index (κ1) is 19.9. The number of nitro groups is 1. The van der Waals surface area contributed by atoms with Gasteiger partial charge in [0.1, 0.15) is 12.4 Å². The van der Waals surface area contributed by atoms with Crippen LogP contribution in [0.4, 0.5) is 11.6 Å². The summed E-state index contributed by atoms with van der Waals surface area (Å²) in [5, 5.41) is 15.5. The zero-order valence-electron chi connectivity index (χ0n) is 16.3. The molecular formula is C20H21N5O4. The number of nitrogens with two attached hydrogens (primary N) is 1. The molecule has 0 radical (unpaired) electrons. The summed E-state index contributed by atoms with van der Waals surface area (Å²) in [6.45, 7) is 3.77. The Balaban J connectivity index is 1.84. The highest BCUT2D eigenvalue weighted by atomic mass is 16.6. The molecule has 0 aliphatic heterocycles. The summed E-state index contributed by atoms with van der Waals surface area (Å²) in [6.07, 6.45) is 3.35. The van der Waals surface area contributed by atoms with Crippen LogP contribution >= 0.6 is 0 Å². The lowest BCUT2D eigenvalue weighted by Gasteiger charge is -2.12. The molecule has 0 unspecified atom stereocenters. The maximum absolute atomic E-state index is 11.2. The molecule has 0 bridgehead atoms. The Bertz CT molecular complexity index is 1070. The fourth-order valence-corrected chi connectivity index (χ4v) is 2.76. The average molecular weight is 395 g/mol. The van der Waals surface area contributed by atoms with Crippen molar-refractivity contribution in [3.63, 3.8) is 0 Å². The number of methoxy groups -OCH3 is 1. The van der Waals surface area contributed by atoms with Crippen molar-refractivity contribution < 1.29 is 14.4 Å². The molecule has 0 fully saturated rings. The third-order valence-electron chi connectivity index (χ3n) is 4.17. The van der Waals surface area contributed by atoms with Crippen LogP contribution in [0.15, 0.2) is 47.7 Å². The van der Waals surface area contributed by atoms with Gasteiger partial charge in [0.25, 0.3) is 0 Å². The third-order valence-corrected chi connectivity index (χ3v) is 4.17. The van der Waals surface area contributed by atoms with Gasteiger partial charge in [0, 0.05) is 11.6 Å². The van der Waals surface area contributed by atoms with Gasteiger partial charge in [-0.25, -0.2) is 9.66 Å². The second-order valence-electron chi connectivity index (χ2n) is 6.42. The highest BCUT2D eigenvalue weighted by Gasteiger charge is 2.16. The fourth-order valence-electron chi connectivity index (χ4n) is 2.76. The first-order valence-corrected chi connectivity index (χ1v) is 8.78. The second-order valence-corrected chi connectivity index (χ2v) is 6.42. The van der Waals surface area contributed by atoms with Crippen LogP contribution < -0.4 is 15.2 Å². The number of ether oxygens (including phenoxy) is 2. The van der Waals surface area contributed by atoms with Gasteiger partial charge in [0.05, 0.1) is 30.1 Å². The average Bonchev–Trinajstić information content (AvgIpc) is 3.01. The molecule has 1 aromatic heterocycles. The first-order chi connectivity index (χ1) is 13.9. The molecule has 150 valence electrons. The maximum atomic E-state index is 11.2. The van der Waals surface area contributed by atoms with E-state index in [4.69, 9.17) is 15.2 Å². The van der Waals surface area contributed by atoms with Gasteiger partial charge in [-0.15, -0.1) is 0 Å². The maximum Gasteiger partial charge on any atom is 0.310 e. The number of hydrogen-bond donors (Lipinski definition) is 1. The van der Waals surface area contributed by atoms with E-state index in [1.165, 1.54) is 10.7 Å². The summed E-state index contributed by atoms with van der Waals surface area (Å²) in [5.41, 5.74) is 8.85. The molecule has 9 heteroatoms. The van der Waals surface area contributed by atoms with E-state index in [9.17, 15) is 10.1 Å². The van der Waals surface area contributed by atoms with Crippen molar-refractivity contribution >= 4 is 17.9 Å². The molecule has 0 aliphatic carbocycles. The number of hydrogen-bond acceptors (Lipinski definition) is 7. The minimum absolute atomic E-state index is 0.0850. The Morgan fingerprint density at radius 2 is 2.03 bits per heavy atom. The van der Waals surface area contributed by atoms with Gasteiger partial charge in [-0.1, -0.05) is 6.07 Å². The fraction of sp³-hybridized carbons (Fsp3) is 0.200. The van der Waals surface area contributed by atoms with Crippen LogP contribution in [0.3, 0.4) is 0 Å². The van der Waals surface area contributed by atoms with E-state index in [0.717, 1.165) is 22.4 Å². The summed E-state index contributed by atoms with van der Waals surface area (Å²) in [7, 11) is 1.55. The summed E-state index contributed by atoms with van der Waals surface area (Å²) in [5.74, 6) is 1.11. The highest BCUT2D eigenvalue weighted by Crippen LogP contribution is 2.30. The minimum atomic E-state index is -0.466. The van der Waals surface area contributed by atoms with Gasteiger partial charge < -0.3 is 15.2 Å². The molecule has 2 aromatic carbocycles. The Labute approximate surface area is 167 Å². The number of rotatable bonds is 7. The number of nitrogen functional groups attached to an aromatic ring is 1. The SMILES string of the molecule is COc1ccc(C=Nn2cc(C)nc2N)cc1COc1cc(C)ccc1[N+](=O)[O-]. The van der Waals surface area contributed by atoms with Gasteiger partial charge in [0.2, 0.25) is 5.95 Å². The van der Waals surface area contributed by atoms with Gasteiger partial charge in [-0.3, -0.25) is 10.1 Å². The standard InChI is InChI=1S/C20H21N5O4/c1-13-4-6-17(25(26)27)19(8-13)29-12-16-9-15(5-7-18(16)28-3)10-22-24-11-14(2)23-20(24)21/h4-11H,12H2,1-3H3,(H2,21,23). The van der Waals surface area contributed by atoms with Crippen molar-refractivity contribution in [1.29, 1.82) is 0 Å². The summed E-state index contributed by atoms with van der Waals surface area (Å²) in [6, 6.07) is 10.2. The Morgan fingerprint density at radius 3 is 2.69 bits per heavy atom. The van der Waals surface area contributed by atoms with Crippen LogP contribution in [0.25, 0.3) is 0 Å². The minimum Gasteiger partial charge on any atom is -0.496 e. The molecule has 0 amide bonds. The molecule has 9 nitrogen and oxygen atoms in total. The molecule has 3 rings (SSSR count). The molecule has 0 spiro atoms. The molecule has 2 N–H and O–H groups in total. The van der Waals surface area contributed by atoms with Crippen molar-refractivity contribution in [3.05, 3.63) is 75.1 Å². The zero-order valence-corrected chi connectivity index (χ0v) is 16.3. The number of anilines is 1. The number of imidazole rings is 1. The van der Waals surface area contributed by atoms with Crippen LogP contribution in [0.5, 0.6) is 11.5 Å². The molecule has 3 aromatic rings. The number of nitro benzene ring substituents is 1. The van der Waals surface area contributed by atoms with E-state index in [-0.39, 0.29) is 18.0 Å². The van der Waals surface area contributed by atoms with Gasteiger partial charge >= 0.3 is 5.69 Å². The smallest absolute Gasteiger partial charge is 0.310 e. The van der Waals surface area contributed by atoms with Crippen molar-refractivity contribution in [2.45, 2.75) is 20.5 Å². The van der Waals surface area contributed by atoms with E-state index < -0.39 is 4.92 Å². The van der Waals surface area contributed by atoms with Crippen LogP contribution in [-0.2, 0) is 6.61 Å². The number of benzene rings is 2. The van der Waals surface area contributed by atoms with Crippen LogP contribution in [0.1, 0.15) is 22.4 Å². The van der Waals surface area contributed by atoms with Crippen LogP contribution in [-0.4, -0.2) is 27.9 Å². The number of aryl methyl sites for hydroxylation is 2. The van der Waals surface area contributed by atoms with Gasteiger partial charge in [-0.05, 0) is 49.2 Å². The van der Waals surface area contributed by atoms with Crippen molar-refractivity contribution in [1.82, 2.24) is 9.66 Å². The molecule has 0 aliphatic rings. The second kappa shape index (κ2) is 8.42. The largest absolute Gasteiger partial charge is 0.496 e. The molecule has 1 heterocycles. The van der Waals surface area contributed by atoms with Gasteiger partial charge in [-0.2, -0.15) is 5.10 Å². The van der Waals surface area contributed by atoms with Crippen LogP contribution in [0.2, 0.25) is 0 Å². The monoisotopic (exact) mass is 395 g/mol. The molecular weight excluding hydrogens is 374 g/mol. The first-order valence-electron chi connectivity index (χ1n) is 8.78. The number of nitrogens with zero attached hydrogens (tertiary/aromatic N) is 4. The van der Waals surface area contributed by atoms with E-state index >= 15 is 0 Å². The molecule has 0 atom stereocenters. The number of aromatic nitrogens is 2. The third kappa shape index (κ3) is 4.70. The Hall–Kier alpha value is -3.88. The zero-order chi connectivity index (χ0) is 21.0. The Morgan fingerprint density at radius 1 is 1.24 bits per heavy atom. The van der Waals surface area contributed by atoms with Crippen molar-refractivity contribution in [2.75, 3.05) is 12.8 Å². The lowest BCUT2D eigenvalue weighted by molar-refractivity contribution is -0.386. The highest BCUT2D eigenvalue weighted by molar-refractivity contribution is 5.80.